The highest BCUT2D eigenvalue weighted by molar-refractivity contribution is 6.48. The maximum Gasteiger partial charge on any atom is 0.286 e. The topological polar surface area (TPSA) is 46.6 Å². The molecular formula is C18H15NO3. The second-order valence-electron chi connectivity index (χ2n) is 5.07. The zero-order valence-corrected chi connectivity index (χ0v) is 12.4. The normalized spacial score (nSPS) is 14.9. The van der Waals surface area contributed by atoms with E-state index in [0.717, 1.165) is 10.6 Å². The summed E-state index contributed by atoms with van der Waals surface area (Å²) >= 11 is 0. The van der Waals surface area contributed by atoms with Crippen molar-refractivity contribution in [3.05, 3.63) is 71.3 Å². The van der Waals surface area contributed by atoms with Gasteiger partial charge in [0.15, 0.2) is 0 Å². The van der Waals surface area contributed by atoms with Crippen LogP contribution in [0.4, 0.5) is 0 Å². The van der Waals surface area contributed by atoms with E-state index >= 15 is 0 Å². The lowest BCUT2D eigenvalue weighted by Crippen LogP contribution is -2.30. The Hall–Kier alpha value is -2.72. The van der Waals surface area contributed by atoms with Crippen LogP contribution < -0.4 is 0 Å². The van der Waals surface area contributed by atoms with Crippen molar-refractivity contribution in [3.63, 3.8) is 0 Å². The molecule has 0 unspecified atom stereocenters. The van der Waals surface area contributed by atoms with E-state index < -0.39 is 11.8 Å². The lowest BCUT2D eigenvalue weighted by Gasteiger charge is -2.10. The lowest BCUT2D eigenvalue weighted by molar-refractivity contribution is -0.176. The highest BCUT2D eigenvalue weighted by Crippen LogP contribution is 2.35. The zero-order chi connectivity index (χ0) is 15.7. The standard InChI is InChI=1S/C18H15NO3/c1-12-8-10-14(11-9-12)16-15(13-6-4-3-5-7-13)17(20)19(22-2)18(16)21/h3-11H,1-2H3. The molecule has 2 aromatic rings. The third-order valence-electron chi connectivity index (χ3n) is 3.63. The van der Waals surface area contributed by atoms with E-state index in [4.69, 9.17) is 4.84 Å². The van der Waals surface area contributed by atoms with Gasteiger partial charge >= 0.3 is 0 Å². The van der Waals surface area contributed by atoms with Crippen molar-refractivity contribution < 1.29 is 14.4 Å². The first-order chi connectivity index (χ1) is 10.6. The van der Waals surface area contributed by atoms with Gasteiger partial charge in [-0.25, -0.2) is 0 Å². The Morgan fingerprint density at radius 2 is 1.27 bits per heavy atom. The molecule has 0 N–H and O–H groups in total. The number of hydroxylamine groups is 2. The molecule has 22 heavy (non-hydrogen) atoms. The van der Waals surface area contributed by atoms with Crippen molar-refractivity contribution in [2.24, 2.45) is 0 Å². The molecule has 1 heterocycles. The number of aryl methyl sites for hydroxylation is 1. The third-order valence-corrected chi connectivity index (χ3v) is 3.63. The minimum Gasteiger partial charge on any atom is -0.266 e. The molecule has 1 aliphatic heterocycles. The van der Waals surface area contributed by atoms with Crippen molar-refractivity contribution in [3.8, 4) is 0 Å². The summed E-state index contributed by atoms with van der Waals surface area (Å²) in [6.45, 7) is 1.97. The Morgan fingerprint density at radius 3 is 1.77 bits per heavy atom. The molecule has 2 amide bonds. The Morgan fingerprint density at radius 1 is 0.773 bits per heavy atom. The molecule has 0 bridgehead atoms. The molecule has 0 saturated heterocycles. The Labute approximate surface area is 128 Å². The van der Waals surface area contributed by atoms with Crippen molar-refractivity contribution in [1.82, 2.24) is 5.06 Å². The molecule has 0 aromatic heterocycles. The second kappa shape index (κ2) is 5.58. The van der Waals surface area contributed by atoms with Gasteiger partial charge in [0.25, 0.3) is 11.8 Å². The highest BCUT2D eigenvalue weighted by Gasteiger charge is 2.40. The van der Waals surface area contributed by atoms with Gasteiger partial charge in [0.1, 0.15) is 0 Å². The summed E-state index contributed by atoms with van der Waals surface area (Å²) < 4.78 is 0. The van der Waals surface area contributed by atoms with Crippen LogP contribution in [-0.4, -0.2) is 24.0 Å². The number of amides is 2. The fourth-order valence-corrected chi connectivity index (χ4v) is 2.54. The van der Waals surface area contributed by atoms with E-state index in [9.17, 15) is 9.59 Å². The predicted molar refractivity (Wildman–Crippen MR) is 83.3 cm³/mol. The van der Waals surface area contributed by atoms with Gasteiger partial charge < -0.3 is 0 Å². The quantitative estimate of drug-likeness (QED) is 0.818. The molecule has 0 radical (unpaired) electrons. The van der Waals surface area contributed by atoms with Gasteiger partial charge in [-0.2, -0.15) is 0 Å². The lowest BCUT2D eigenvalue weighted by atomic mass is 9.96. The maximum atomic E-state index is 12.5. The van der Waals surface area contributed by atoms with Crippen LogP contribution in [0.3, 0.4) is 0 Å². The Kier molecular flexibility index (Phi) is 3.61. The first-order valence-corrected chi connectivity index (χ1v) is 6.93. The van der Waals surface area contributed by atoms with E-state index in [1.807, 2.05) is 61.5 Å². The second-order valence-corrected chi connectivity index (χ2v) is 5.07. The van der Waals surface area contributed by atoms with Gasteiger partial charge in [-0.1, -0.05) is 60.2 Å². The fraction of sp³-hybridized carbons (Fsp3) is 0.111. The van der Waals surface area contributed by atoms with Crippen LogP contribution in [0.2, 0.25) is 0 Å². The first-order valence-electron chi connectivity index (χ1n) is 6.93. The van der Waals surface area contributed by atoms with Gasteiger partial charge in [-0.05, 0) is 18.1 Å². The smallest absolute Gasteiger partial charge is 0.266 e. The van der Waals surface area contributed by atoms with Crippen LogP contribution in [0, 0.1) is 6.92 Å². The predicted octanol–water partition coefficient (Wildman–Crippen LogP) is 2.84. The monoisotopic (exact) mass is 293 g/mol. The molecule has 3 rings (SSSR count). The molecule has 4 nitrogen and oxygen atoms in total. The highest BCUT2D eigenvalue weighted by atomic mass is 16.7. The Balaban J connectivity index is 2.23. The summed E-state index contributed by atoms with van der Waals surface area (Å²) in [7, 11) is 1.32. The van der Waals surface area contributed by atoms with Crippen LogP contribution in [0.25, 0.3) is 11.1 Å². The van der Waals surface area contributed by atoms with Crippen molar-refractivity contribution >= 4 is 23.0 Å². The summed E-state index contributed by atoms with van der Waals surface area (Å²) in [6.07, 6.45) is 0. The minimum atomic E-state index is -0.436. The van der Waals surface area contributed by atoms with E-state index in [0.29, 0.717) is 22.3 Å². The first kappa shape index (κ1) is 14.2. The largest absolute Gasteiger partial charge is 0.286 e. The van der Waals surface area contributed by atoms with Crippen LogP contribution in [0.15, 0.2) is 54.6 Å². The van der Waals surface area contributed by atoms with Gasteiger partial charge in [-0.15, -0.1) is 5.06 Å². The number of imide groups is 1. The molecular weight excluding hydrogens is 278 g/mol. The molecule has 0 aliphatic carbocycles. The average molecular weight is 293 g/mol. The van der Waals surface area contributed by atoms with Crippen LogP contribution in [-0.2, 0) is 14.4 Å². The van der Waals surface area contributed by atoms with Crippen LogP contribution >= 0.6 is 0 Å². The average Bonchev–Trinajstić information content (AvgIpc) is 2.79. The molecule has 0 fully saturated rings. The summed E-state index contributed by atoms with van der Waals surface area (Å²) in [5.74, 6) is -0.871. The Bertz CT molecular complexity index is 761. The number of benzene rings is 2. The molecule has 2 aromatic carbocycles. The third kappa shape index (κ3) is 2.23. The molecule has 0 saturated carbocycles. The summed E-state index contributed by atoms with van der Waals surface area (Å²) in [5, 5.41) is 0.803. The van der Waals surface area contributed by atoms with Gasteiger partial charge in [-0.3, -0.25) is 14.4 Å². The van der Waals surface area contributed by atoms with Crippen molar-refractivity contribution in [2.45, 2.75) is 6.92 Å². The summed E-state index contributed by atoms with van der Waals surface area (Å²) in [6, 6.07) is 16.7. The number of nitrogens with zero attached hydrogens (tertiary/aromatic N) is 1. The number of hydrogen-bond acceptors (Lipinski definition) is 3. The van der Waals surface area contributed by atoms with Crippen LogP contribution in [0.1, 0.15) is 16.7 Å². The maximum absolute atomic E-state index is 12.5. The van der Waals surface area contributed by atoms with E-state index in [2.05, 4.69) is 0 Å². The van der Waals surface area contributed by atoms with Crippen molar-refractivity contribution in [1.29, 1.82) is 0 Å². The number of rotatable bonds is 3. The molecule has 1 aliphatic rings. The number of carbonyl (C=O) groups excluding carboxylic acids is 2. The zero-order valence-electron chi connectivity index (χ0n) is 12.4. The molecule has 110 valence electrons. The van der Waals surface area contributed by atoms with Gasteiger partial charge in [0.05, 0.1) is 18.3 Å². The van der Waals surface area contributed by atoms with Gasteiger partial charge in [0, 0.05) is 0 Å². The fourth-order valence-electron chi connectivity index (χ4n) is 2.54. The summed E-state index contributed by atoms with van der Waals surface area (Å²) in [5.41, 5.74) is 3.25. The van der Waals surface area contributed by atoms with E-state index in [1.165, 1.54) is 7.11 Å². The van der Waals surface area contributed by atoms with E-state index in [1.54, 1.807) is 0 Å². The van der Waals surface area contributed by atoms with Crippen LogP contribution in [0.5, 0.6) is 0 Å². The summed E-state index contributed by atoms with van der Waals surface area (Å²) in [4.78, 5) is 30.0. The SMILES string of the molecule is CON1C(=O)C(c2ccccc2)=C(c2ccc(C)cc2)C1=O. The van der Waals surface area contributed by atoms with Crippen molar-refractivity contribution in [2.75, 3.05) is 7.11 Å². The minimum absolute atomic E-state index is 0.372. The van der Waals surface area contributed by atoms with E-state index in [-0.39, 0.29) is 0 Å². The number of hydrogen-bond donors (Lipinski definition) is 0. The molecule has 4 heteroatoms. The molecule has 0 spiro atoms. The van der Waals surface area contributed by atoms with Gasteiger partial charge in [0.2, 0.25) is 0 Å². The molecule has 0 atom stereocenters. The number of carbonyl (C=O) groups is 2.